The summed E-state index contributed by atoms with van der Waals surface area (Å²) >= 11 is 0. The molecule has 0 aromatic carbocycles. The molecule has 0 aliphatic heterocycles. The number of nitrogens with one attached hydrogen (secondary N) is 1. The van der Waals surface area contributed by atoms with Gasteiger partial charge in [0.05, 0.1) is 0 Å². The highest BCUT2D eigenvalue weighted by Crippen LogP contribution is 2.29. The Morgan fingerprint density at radius 3 is 2.14 bits per heavy atom. The van der Waals surface area contributed by atoms with Gasteiger partial charge in [-0.3, -0.25) is 0 Å². The molecule has 0 aromatic rings. The van der Waals surface area contributed by atoms with Crippen LogP contribution in [0.4, 0.5) is 0 Å². The van der Waals surface area contributed by atoms with Crippen LogP contribution in [0.1, 0.15) is 52.4 Å². The quantitative estimate of drug-likeness (QED) is 0.628. The van der Waals surface area contributed by atoms with Gasteiger partial charge in [-0.25, -0.2) is 0 Å². The fourth-order valence-corrected chi connectivity index (χ4v) is 2.22. The van der Waals surface area contributed by atoms with Crippen LogP contribution >= 0.6 is 0 Å². The summed E-state index contributed by atoms with van der Waals surface area (Å²) in [5, 5.41) is 3.72. The predicted octanol–water partition coefficient (Wildman–Crippen LogP) is 2.28. The van der Waals surface area contributed by atoms with Crippen LogP contribution in [0.15, 0.2) is 0 Å². The second-order valence-electron chi connectivity index (χ2n) is 4.81. The molecule has 84 valence electrons. The Kier molecular flexibility index (Phi) is 4.90. The Morgan fingerprint density at radius 2 is 1.79 bits per heavy atom. The van der Waals surface area contributed by atoms with Gasteiger partial charge in [-0.05, 0) is 38.1 Å². The zero-order valence-electron chi connectivity index (χ0n) is 9.81. The third-order valence-electron chi connectivity index (χ3n) is 3.31. The van der Waals surface area contributed by atoms with Gasteiger partial charge >= 0.3 is 0 Å². The van der Waals surface area contributed by atoms with Gasteiger partial charge < -0.3 is 11.1 Å². The zero-order chi connectivity index (χ0) is 10.4. The molecule has 2 heteroatoms. The van der Waals surface area contributed by atoms with Crippen molar-refractivity contribution in [3.05, 3.63) is 0 Å². The first kappa shape index (κ1) is 12.0. The van der Waals surface area contributed by atoms with E-state index in [0.29, 0.717) is 0 Å². The lowest BCUT2D eigenvalue weighted by Gasteiger charge is -2.33. The number of nitrogens with two attached hydrogens (primary N) is 1. The van der Waals surface area contributed by atoms with Crippen molar-refractivity contribution in [2.75, 3.05) is 13.1 Å². The second-order valence-corrected chi connectivity index (χ2v) is 4.81. The molecule has 1 rings (SSSR count). The molecule has 0 aromatic heterocycles. The molecule has 2 nitrogen and oxygen atoms in total. The Hall–Kier alpha value is -0.0800. The van der Waals surface area contributed by atoms with Crippen LogP contribution in [0, 0.1) is 5.92 Å². The maximum Gasteiger partial charge on any atom is 0.0303 e. The summed E-state index contributed by atoms with van der Waals surface area (Å²) in [6, 6.07) is 0. The number of hydrogen-bond acceptors (Lipinski definition) is 2. The monoisotopic (exact) mass is 198 g/mol. The molecular formula is C12H26N2. The van der Waals surface area contributed by atoms with Gasteiger partial charge in [0, 0.05) is 12.1 Å². The van der Waals surface area contributed by atoms with Crippen molar-refractivity contribution < 1.29 is 0 Å². The SMILES string of the molecule is CCCC(CN)(CCC)NCC1CC1. The van der Waals surface area contributed by atoms with Crippen LogP contribution in [-0.4, -0.2) is 18.6 Å². The van der Waals surface area contributed by atoms with Crippen molar-refractivity contribution in [2.45, 2.75) is 57.9 Å². The fourth-order valence-electron chi connectivity index (χ4n) is 2.22. The van der Waals surface area contributed by atoms with Crippen molar-refractivity contribution in [1.82, 2.24) is 5.32 Å². The minimum absolute atomic E-state index is 0.242. The first-order valence-corrected chi connectivity index (χ1v) is 6.21. The molecule has 0 unspecified atom stereocenters. The average Bonchev–Trinajstić information content (AvgIpc) is 2.98. The van der Waals surface area contributed by atoms with Gasteiger partial charge in [-0.1, -0.05) is 26.7 Å². The molecule has 0 atom stereocenters. The van der Waals surface area contributed by atoms with Crippen molar-refractivity contribution >= 4 is 0 Å². The largest absolute Gasteiger partial charge is 0.329 e. The van der Waals surface area contributed by atoms with Gasteiger partial charge in [0.1, 0.15) is 0 Å². The average molecular weight is 198 g/mol. The van der Waals surface area contributed by atoms with Gasteiger partial charge in [0.25, 0.3) is 0 Å². The third-order valence-corrected chi connectivity index (χ3v) is 3.31. The van der Waals surface area contributed by atoms with Crippen LogP contribution in [0.25, 0.3) is 0 Å². The van der Waals surface area contributed by atoms with Crippen molar-refractivity contribution in [3.63, 3.8) is 0 Å². The zero-order valence-corrected chi connectivity index (χ0v) is 9.81. The van der Waals surface area contributed by atoms with Gasteiger partial charge in [-0.15, -0.1) is 0 Å². The first-order valence-electron chi connectivity index (χ1n) is 6.21. The fraction of sp³-hybridized carbons (Fsp3) is 1.00. The highest BCUT2D eigenvalue weighted by atomic mass is 15.0. The Morgan fingerprint density at radius 1 is 1.21 bits per heavy atom. The maximum absolute atomic E-state index is 5.92. The standard InChI is InChI=1S/C12H26N2/c1-3-7-12(10-13,8-4-2)14-9-11-5-6-11/h11,14H,3-10,13H2,1-2H3. The van der Waals surface area contributed by atoms with Gasteiger partial charge in [0.2, 0.25) is 0 Å². The summed E-state index contributed by atoms with van der Waals surface area (Å²) < 4.78 is 0. The topological polar surface area (TPSA) is 38.0 Å². The summed E-state index contributed by atoms with van der Waals surface area (Å²) in [5.41, 5.74) is 6.17. The van der Waals surface area contributed by atoms with Crippen LogP contribution in [-0.2, 0) is 0 Å². The lowest BCUT2D eigenvalue weighted by molar-refractivity contribution is 0.279. The molecule has 1 aliphatic rings. The van der Waals surface area contributed by atoms with E-state index in [1.165, 1.54) is 45.1 Å². The molecule has 0 saturated heterocycles. The van der Waals surface area contributed by atoms with Crippen molar-refractivity contribution in [1.29, 1.82) is 0 Å². The lowest BCUT2D eigenvalue weighted by Crippen LogP contribution is -2.51. The third kappa shape index (κ3) is 3.58. The van der Waals surface area contributed by atoms with E-state index in [1.807, 2.05) is 0 Å². The summed E-state index contributed by atoms with van der Waals surface area (Å²) in [4.78, 5) is 0. The summed E-state index contributed by atoms with van der Waals surface area (Å²) in [6.45, 7) is 6.48. The van der Waals surface area contributed by atoms with E-state index in [-0.39, 0.29) is 5.54 Å². The van der Waals surface area contributed by atoms with Crippen molar-refractivity contribution in [3.8, 4) is 0 Å². The number of hydrogen-bond donors (Lipinski definition) is 2. The van der Waals surface area contributed by atoms with Gasteiger partial charge in [0.15, 0.2) is 0 Å². The molecule has 1 aliphatic carbocycles. The smallest absolute Gasteiger partial charge is 0.0303 e. The van der Waals surface area contributed by atoms with E-state index in [0.717, 1.165) is 12.5 Å². The first-order chi connectivity index (χ1) is 6.76. The minimum atomic E-state index is 0.242. The summed E-state index contributed by atoms with van der Waals surface area (Å²) in [7, 11) is 0. The van der Waals surface area contributed by atoms with Crippen LogP contribution in [0.5, 0.6) is 0 Å². The van der Waals surface area contributed by atoms with E-state index in [9.17, 15) is 0 Å². The van der Waals surface area contributed by atoms with Gasteiger partial charge in [-0.2, -0.15) is 0 Å². The van der Waals surface area contributed by atoms with E-state index in [4.69, 9.17) is 5.73 Å². The Labute approximate surface area is 88.6 Å². The molecule has 0 bridgehead atoms. The summed E-state index contributed by atoms with van der Waals surface area (Å²) in [5.74, 6) is 0.953. The number of rotatable bonds is 8. The van der Waals surface area contributed by atoms with Crippen LogP contribution < -0.4 is 11.1 Å². The van der Waals surface area contributed by atoms with E-state index >= 15 is 0 Å². The lowest BCUT2D eigenvalue weighted by atomic mass is 9.88. The van der Waals surface area contributed by atoms with Crippen LogP contribution in [0.3, 0.4) is 0 Å². The molecular weight excluding hydrogens is 172 g/mol. The van der Waals surface area contributed by atoms with E-state index in [2.05, 4.69) is 19.2 Å². The molecule has 0 spiro atoms. The van der Waals surface area contributed by atoms with Crippen molar-refractivity contribution in [2.24, 2.45) is 11.7 Å². The van der Waals surface area contributed by atoms with E-state index in [1.54, 1.807) is 0 Å². The Bertz CT molecular complexity index is 146. The predicted molar refractivity (Wildman–Crippen MR) is 62.3 cm³/mol. The second kappa shape index (κ2) is 5.72. The van der Waals surface area contributed by atoms with E-state index < -0.39 is 0 Å². The molecule has 1 saturated carbocycles. The molecule has 0 amide bonds. The minimum Gasteiger partial charge on any atom is -0.329 e. The highest BCUT2D eigenvalue weighted by Gasteiger charge is 2.29. The molecule has 0 heterocycles. The normalized spacial score (nSPS) is 17.4. The molecule has 0 radical (unpaired) electrons. The summed E-state index contributed by atoms with van der Waals surface area (Å²) in [6.07, 6.45) is 7.76. The highest BCUT2D eigenvalue weighted by molar-refractivity contribution is 4.90. The Balaban J connectivity index is 2.37. The molecule has 14 heavy (non-hydrogen) atoms. The maximum atomic E-state index is 5.92. The molecule has 3 N–H and O–H groups in total. The van der Waals surface area contributed by atoms with Crippen LogP contribution in [0.2, 0.25) is 0 Å². The molecule has 1 fully saturated rings.